The van der Waals surface area contributed by atoms with Crippen LogP contribution in [0.4, 0.5) is 13.2 Å². The molecular weight excluding hydrogens is 482 g/mol. The van der Waals surface area contributed by atoms with Crippen molar-refractivity contribution in [3.8, 4) is 0 Å². The largest absolute Gasteiger partial charge is 0.470 e. The minimum atomic E-state index is -4.57. The molecule has 5 nitrogen and oxygen atoms in total. The number of halogens is 6. The van der Waals surface area contributed by atoms with E-state index < -0.39 is 35.6 Å². The normalized spacial score (nSPS) is 14.2. The monoisotopic (exact) mass is 503 g/mol. The predicted molar refractivity (Wildman–Crippen MR) is 116 cm³/mol. The van der Waals surface area contributed by atoms with Crippen molar-refractivity contribution in [1.29, 1.82) is 5.41 Å². The third-order valence-electron chi connectivity index (χ3n) is 4.22. The van der Waals surface area contributed by atoms with Crippen molar-refractivity contribution in [2.24, 2.45) is 0 Å². The van der Waals surface area contributed by atoms with E-state index in [1.807, 2.05) is 0 Å². The second-order valence-electron chi connectivity index (χ2n) is 8.10. The summed E-state index contributed by atoms with van der Waals surface area (Å²) in [4.78, 5) is 0. The molecule has 0 radical (unpaired) electrons. The van der Waals surface area contributed by atoms with Crippen molar-refractivity contribution in [2.75, 3.05) is 6.61 Å². The standard InChI is InChI=1S/C18H23Cl3F3N3O2Si/c1-11(29-16(25)17(19,20)21)14-8-13(18(22,23)24)7-12-9-27(26-15(12)14)10-28-5-6-30(2,3)4/h7-9,11,25H,5-6,10H2,1-4H3/q-1. The first-order chi connectivity index (χ1) is 13.6. The zero-order valence-electron chi connectivity index (χ0n) is 16.9. The molecule has 1 atom stereocenters. The Hall–Kier alpha value is -1.00. The van der Waals surface area contributed by atoms with Crippen molar-refractivity contribution in [2.45, 2.75) is 55.4 Å². The second kappa shape index (κ2) is 9.24. The highest BCUT2D eigenvalue weighted by Gasteiger charge is 2.34. The molecule has 0 aliphatic rings. The van der Waals surface area contributed by atoms with E-state index in [4.69, 9.17) is 49.7 Å². The second-order valence-corrected chi connectivity index (χ2v) is 16.0. The Balaban J connectivity index is 2.34. The molecule has 1 aromatic heterocycles. The van der Waals surface area contributed by atoms with E-state index in [9.17, 15) is 13.2 Å². The van der Waals surface area contributed by atoms with Gasteiger partial charge in [-0.3, -0.25) is 5.41 Å². The molecule has 1 N–H and O–H groups in total. The van der Waals surface area contributed by atoms with Crippen LogP contribution in [0.3, 0.4) is 0 Å². The van der Waals surface area contributed by atoms with E-state index in [0.29, 0.717) is 12.1 Å². The quantitative estimate of drug-likeness (QED) is 0.148. The minimum Gasteiger partial charge on any atom is -0.470 e. The highest BCUT2D eigenvalue weighted by molar-refractivity contribution is 6.76. The summed E-state index contributed by atoms with van der Waals surface area (Å²) in [6.07, 6.45) is -4.09. The zero-order chi connectivity index (χ0) is 22.9. The molecule has 1 aromatic carbocycles. The maximum absolute atomic E-state index is 13.4. The number of hydrogen-bond donors (Lipinski definition) is 1. The first-order valence-corrected chi connectivity index (χ1v) is 13.9. The summed E-state index contributed by atoms with van der Waals surface area (Å²) >= 11 is 16.8. The fraction of sp³-hybridized carbons (Fsp3) is 0.556. The molecule has 12 heteroatoms. The van der Waals surface area contributed by atoms with Gasteiger partial charge in [0.15, 0.2) is 0 Å². The summed E-state index contributed by atoms with van der Waals surface area (Å²) in [6.45, 7) is 8.79. The smallest absolute Gasteiger partial charge is 0.416 e. The molecule has 0 aliphatic heterocycles. The van der Waals surface area contributed by atoms with E-state index in [2.05, 4.69) is 24.7 Å². The number of aromatic nitrogens is 2. The van der Waals surface area contributed by atoms with Gasteiger partial charge in [-0.2, -0.15) is 37.9 Å². The topological polar surface area (TPSA) is 60.1 Å². The van der Waals surface area contributed by atoms with Gasteiger partial charge in [-0.1, -0.05) is 34.8 Å². The predicted octanol–water partition coefficient (Wildman–Crippen LogP) is 6.79. The van der Waals surface area contributed by atoms with Gasteiger partial charge in [0.1, 0.15) is 12.8 Å². The van der Waals surface area contributed by atoms with Crippen LogP contribution in [0, 0.1) is 5.41 Å². The van der Waals surface area contributed by atoms with Crippen molar-refractivity contribution in [1.82, 2.24) is 9.78 Å². The molecule has 0 amide bonds. The fourth-order valence-corrected chi connectivity index (χ4v) is 3.49. The van der Waals surface area contributed by atoms with Gasteiger partial charge in [0.05, 0.1) is 11.1 Å². The average molecular weight is 505 g/mol. The number of ether oxygens (including phenoxy) is 2. The van der Waals surface area contributed by atoms with E-state index in [0.717, 1.165) is 18.2 Å². The molecule has 1 heterocycles. The van der Waals surface area contributed by atoms with Gasteiger partial charge in [-0.05, 0) is 19.1 Å². The van der Waals surface area contributed by atoms with Gasteiger partial charge in [-0.15, -0.1) is 14.1 Å². The van der Waals surface area contributed by atoms with E-state index in [-0.39, 0.29) is 17.7 Å². The molecule has 30 heavy (non-hydrogen) atoms. The number of nitrogens with one attached hydrogen (secondary N) is 1. The summed E-state index contributed by atoms with van der Waals surface area (Å²) in [5, 5.41) is 12.3. The fourth-order valence-electron chi connectivity index (χ4n) is 2.60. The van der Waals surface area contributed by atoms with E-state index >= 15 is 0 Å². The Morgan fingerprint density at radius 3 is 2.40 bits per heavy atom. The number of benzene rings is 1. The highest BCUT2D eigenvalue weighted by atomic mass is 35.6. The van der Waals surface area contributed by atoms with Crippen LogP contribution >= 0.6 is 34.8 Å². The molecule has 1 unspecified atom stereocenters. The third kappa shape index (κ3) is 7.02. The van der Waals surface area contributed by atoms with Crippen molar-refractivity contribution >= 4 is 59.7 Å². The Morgan fingerprint density at radius 1 is 1.23 bits per heavy atom. The number of rotatable bonds is 7. The average Bonchev–Trinajstić information content (AvgIpc) is 2.98. The summed E-state index contributed by atoms with van der Waals surface area (Å²) in [5.74, 6) is -0.695. The van der Waals surface area contributed by atoms with Crippen LogP contribution in [0.15, 0.2) is 18.3 Å². The van der Waals surface area contributed by atoms with Crippen LogP contribution < -0.4 is 0 Å². The summed E-state index contributed by atoms with van der Waals surface area (Å²) in [7, 11) is -1.26. The molecule has 0 saturated heterocycles. The molecule has 0 spiro atoms. The van der Waals surface area contributed by atoms with E-state index in [1.54, 1.807) is 0 Å². The van der Waals surface area contributed by atoms with Gasteiger partial charge in [0, 0.05) is 23.8 Å². The van der Waals surface area contributed by atoms with Crippen LogP contribution in [0.1, 0.15) is 24.2 Å². The Labute approximate surface area is 188 Å². The van der Waals surface area contributed by atoms with Crippen LogP contribution in [0.2, 0.25) is 25.7 Å². The number of fused-ring (bicyclic) bond motifs is 1. The van der Waals surface area contributed by atoms with Crippen molar-refractivity contribution < 1.29 is 22.6 Å². The highest BCUT2D eigenvalue weighted by Crippen LogP contribution is 2.37. The lowest BCUT2D eigenvalue weighted by atomic mass is 10.0. The van der Waals surface area contributed by atoms with Gasteiger partial charge >= 0.3 is 6.18 Å². The Bertz CT molecular complexity index is 908. The minimum absolute atomic E-state index is 0.110. The molecule has 2 rings (SSSR count). The van der Waals surface area contributed by atoms with Crippen LogP contribution in [0.5, 0.6) is 0 Å². The van der Waals surface area contributed by atoms with E-state index in [1.165, 1.54) is 17.8 Å². The SMILES string of the molecule is CC(OC(=N)C(Cl)(Cl)Cl)c1cc(C(F)(F)F)cc2cn(COCC[Si-](C)(C)C)nc12. The number of nitrogens with zero attached hydrogens (tertiary/aromatic N) is 2. The van der Waals surface area contributed by atoms with Crippen molar-refractivity contribution in [3.05, 3.63) is 29.5 Å². The molecule has 0 fully saturated rings. The molecule has 2 aromatic rings. The lowest BCUT2D eigenvalue weighted by molar-refractivity contribution is -0.137. The molecule has 169 valence electrons. The lowest BCUT2D eigenvalue weighted by Crippen LogP contribution is -2.23. The van der Waals surface area contributed by atoms with Crippen LogP contribution in [0.25, 0.3) is 10.9 Å². The lowest BCUT2D eigenvalue weighted by Gasteiger charge is -2.26. The van der Waals surface area contributed by atoms with Crippen LogP contribution in [-0.2, 0) is 22.4 Å². The Kier molecular flexibility index (Phi) is 7.78. The number of hydrogen-bond acceptors (Lipinski definition) is 4. The molecule has 0 aliphatic carbocycles. The Morgan fingerprint density at radius 2 is 1.87 bits per heavy atom. The molecule has 0 bridgehead atoms. The number of alkyl halides is 6. The molecule has 0 saturated carbocycles. The summed E-state index contributed by atoms with van der Waals surface area (Å²) in [5.41, 5.74) is -0.443. The molecular formula is C18H23Cl3F3N3O2Si-. The van der Waals surface area contributed by atoms with Gasteiger partial charge in [-0.25, -0.2) is 4.68 Å². The first kappa shape index (κ1) is 25.3. The zero-order valence-corrected chi connectivity index (χ0v) is 20.2. The van der Waals surface area contributed by atoms with Crippen molar-refractivity contribution in [3.63, 3.8) is 0 Å². The third-order valence-corrected chi connectivity index (χ3v) is 6.44. The summed E-state index contributed by atoms with van der Waals surface area (Å²) in [6, 6.07) is 2.90. The van der Waals surface area contributed by atoms with Gasteiger partial charge in [0.25, 0.3) is 3.79 Å². The maximum atomic E-state index is 13.4. The maximum Gasteiger partial charge on any atom is 0.416 e. The van der Waals surface area contributed by atoms with Gasteiger partial charge < -0.3 is 9.47 Å². The van der Waals surface area contributed by atoms with Crippen LogP contribution in [-0.4, -0.2) is 34.2 Å². The van der Waals surface area contributed by atoms with Gasteiger partial charge in [0.2, 0.25) is 5.90 Å². The summed E-state index contributed by atoms with van der Waals surface area (Å²) < 4.78 is 50.4. The first-order valence-electron chi connectivity index (χ1n) is 9.06.